The van der Waals surface area contributed by atoms with Crippen molar-refractivity contribution >= 4 is 0 Å². The predicted molar refractivity (Wildman–Crippen MR) is 44.2 cm³/mol. The molecule has 0 aromatic rings. The van der Waals surface area contributed by atoms with Gasteiger partial charge in [0, 0.05) is 0 Å². The Labute approximate surface area is 67.5 Å². The fourth-order valence-electron chi connectivity index (χ4n) is 1.18. The van der Waals surface area contributed by atoms with Gasteiger partial charge in [0.25, 0.3) is 0 Å². The number of ether oxygens (including phenoxy) is 2. The molecule has 0 spiro atoms. The van der Waals surface area contributed by atoms with Crippen LogP contribution in [0.3, 0.4) is 0 Å². The van der Waals surface area contributed by atoms with Crippen molar-refractivity contribution < 1.29 is 9.47 Å². The van der Waals surface area contributed by atoms with Crippen LogP contribution in [0.25, 0.3) is 0 Å². The van der Waals surface area contributed by atoms with Gasteiger partial charge in [-0.3, -0.25) is 0 Å². The second kappa shape index (κ2) is 2.80. The topological polar surface area (TPSA) is 18.5 Å². The second-order valence-corrected chi connectivity index (χ2v) is 3.04. The molecule has 2 nitrogen and oxygen atoms in total. The van der Waals surface area contributed by atoms with Crippen LogP contribution >= 0.6 is 0 Å². The van der Waals surface area contributed by atoms with Crippen LogP contribution in [0.5, 0.6) is 0 Å². The highest BCUT2D eigenvalue weighted by molar-refractivity contribution is 5.00. The van der Waals surface area contributed by atoms with Gasteiger partial charge in [0.05, 0.1) is 0 Å². The molecule has 0 aromatic carbocycles. The quantitative estimate of drug-likeness (QED) is 0.565. The molecule has 1 aliphatic rings. The first-order valence-electron chi connectivity index (χ1n) is 3.70. The first-order valence-corrected chi connectivity index (χ1v) is 3.70. The third-order valence-electron chi connectivity index (χ3n) is 1.63. The van der Waals surface area contributed by atoms with Crippen LogP contribution < -0.4 is 0 Å². The Morgan fingerprint density at radius 2 is 1.45 bits per heavy atom. The molecule has 0 aliphatic carbocycles. The molecule has 0 amide bonds. The zero-order valence-corrected chi connectivity index (χ0v) is 7.04. The van der Waals surface area contributed by atoms with Crippen molar-refractivity contribution in [3.8, 4) is 0 Å². The fraction of sp³-hybridized carbons (Fsp3) is 0.556. The summed E-state index contributed by atoms with van der Waals surface area (Å²) in [7, 11) is 0. The molecule has 1 heterocycles. The maximum absolute atomic E-state index is 5.49. The van der Waals surface area contributed by atoms with Gasteiger partial charge in [-0.25, -0.2) is 0 Å². The van der Waals surface area contributed by atoms with Gasteiger partial charge in [0.2, 0.25) is 0 Å². The Balaban J connectivity index is 2.69. The fourth-order valence-corrected chi connectivity index (χ4v) is 1.18. The van der Waals surface area contributed by atoms with Crippen molar-refractivity contribution in [3.63, 3.8) is 0 Å². The summed E-state index contributed by atoms with van der Waals surface area (Å²) in [6, 6.07) is 0. The molecule has 0 saturated carbocycles. The van der Waals surface area contributed by atoms with Gasteiger partial charge in [-0.2, -0.15) is 0 Å². The largest absolute Gasteiger partial charge is 0.340 e. The van der Waals surface area contributed by atoms with Crippen molar-refractivity contribution in [1.82, 2.24) is 0 Å². The second-order valence-electron chi connectivity index (χ2n) is 3.04. The molecule has 1 aliphatic heterocycles. The van der Waals surface area contributed by atoms with E-state index in [2.05, 4.69) is 13.2 Å². The molecule has 2 atom stereocenters. The van der Waals surface area contributed by atoms with Crippen LogP contribution in [-0.2, 0) is 9.47 Å². The SMILES string of the molecule is C=CC1OC(C)(C)OC1C=C. The summed E-state index contributed by atoms with van der Waals surface area (Å²) in [5.41, 5.74) is 0. The van der Waals surface area contributed by atoms with E-state index in [4.69, 9.17) is 9.47 Å². The molecule has 0 N–H and O–H groups in total. The number of rotatable bonds is 2. The van der Waals surface area contributed by atoms with Crippen LogP contribution in [0.4, 0.5) is 0 Å². The number of hydrogen-bond acceptors (Lipinski definition) is 2. The third kappa shape index (κ3) is 1.70. The first kappa shape index (κ1) is 8.50. The normalized spacial score (nSPS) is 35.1. The van der Waals surface area contributed by atoms with Crippen molar-refractivity contribution in [2.45, 2.75) is 31.8 Å². The van der Waals surface area contributed by atoms with Gasteiger partial charge >= 0.3 is 0 Å². The summed E-state index contributed by atoms with van der Waals surface area (Å²) < 4.78 is 11.0. The minimum atomic E-state index is -0.502. The smallest absolute Gasteiger partial charge is 0.164 e. The third-order valence-corrected chi connectivity index (χ3v) is 1.63. The van der Waals surface area contributed by atoms with E-state index in [-0.39, 0.29) is 12.2 Å². The molecule has 0 bridgehead atoms. The maximum atomic E-state index is 5.49. The summed E-state index contributed by atoms with van der Waals surface area (Å²) in [5.74, 6) is -0.502. The lowest BCUT2D eigenvalue weighted by molar-refractivity contribution is -0.138. The molecule has 0 aromatic heterocycles. The van der Waals surface area contributed by atoms with Gasteiger partial charge in [0.15, 0.2) is 5.79 Å². The molecule has 1 saturated heterocycles. The van der Waals surface area contributed by atoms with E-state index in [9.17, 15) is 0 Å². The van der Waals surface area contributed by atoms with Crippen LogP contribution in [0.15, 0.2) is 25.3 Å². The summed E-state index contributed by atoms with van der Waals surface area (Å²) >= 11 is 0. The minimum Gasteiger partial charge on any atom is -0.340 e. The summed E-state index contributed by atoms with van der Waals surface area (Å²) in [4.78, 5) is 0. The van der Waals surface area contributed by atoms with E-state index >= 15 is 0 Å². The molecule has 1 rings (SSSR count). The Bertz CT molecular complexity index is 154. The minimum absolute atomic E-state index is 0.0532. The van der Waals surface area contributed by atoms with Gasteiger partial charge in [-0.1, -0.05) is 12.2 Å². The van der Waals surface area contributed by atoms with Gasteiger partial charge in [-0.15, -0.1) is 13.2 Å². The molecular formula is C9H14O2. The van der Waals surface area contributed by atoms with Crippen LogP contribution in [0, 0.1) is 0 Å². The molecule has 2 heteroatoms. The highest BCUT2D eigenvalue weighted by atomic mass is 16.7. The zero-order chi connectivity index (χ0) is 8.48. The van der Waals surface area contributed by atoms with Gasteiger partial charge in [-0.05, 0) is 13.8 Å². The van der Waals surface area contributed by atoms with Gasteiger partial charge < -0.3 is 9.47 Å². The molecule has 2 unspecified atom stereocenters. The summed E-state index contributed by atoms with van der Waals surface area (Å²) in [5, 5.41) is 0. The van der Waals surface area contributed by atoms with Gasteiger partial charge in [0.1, 0.15) is 12.2 Å². The Hall–Kier alpha value is -0.600. The molecule has 0 radical (unpaired) electrons. The van der Waals surface area contributed by atoms with E-state index in [1.165, 1.54) is 0 Å². The molecule has 11 heavy (non-hydrogen) atoms. The Kier molecular flexibility index (Phi) is 2.16. The van der Waals surface area contributed by atoms with Crippen molar-refractivity contribution in [2.24, 2.45) is 0 Å². The standard InChI is InChI=1S/C9H14O2/c1-5-7-8(6-2)11-9(3,4)10-7/h5-8H,1-2H2,3-4H3. The van der Waals surface area contributed by atoms with Crippen LogP contribution in [0.2, 0.25) is 0 Å². The lowest BCUT2D eigenvalue weighted by atomic mass is 10.2. The zero-order valence-electron chi connectivity index (χ0n) is 7.04. The van der Waals surface area contributed by atoms with Crippen LogP contribution in [0.1, 0.15) is 13.8 Å². The van der Waals surface area contributed by atoms with E-state index in [0.29, 0.717) is 0 Å². The van der Waals surface area contributed by atoms with E-state index in [1.807, 2.05) is 13.8 Å². The summed E-state index contributed by atoms with van der Waals surface area (Å²) in [6.07, 6.45) is 3.37. The number of hydrogen-bond donors (Lipinski definition) is 0. The molecule has 62 valence electrons. The first-order chi connectivity index (χ1) is 5.09. The lowest BCUT2D eigenvalue weighted by Gasteiger charge is -2.15. The Morgan fingerprint density at radius 3 is 1.73 bits per heavy atom. The monoisotopic (exact) mass is 154 g/mol. The molecular weight excluding hydrogens is 140 g/mol. The predicted octanol–water partition coefficient (Wildman–Crippen LogP) is 1.88. The van der Waals surface area contributed by atoms with Crippen molar-refractivity contribution in [1.29, 1.82) is 0 Å². The molecule has 1 fully saturated rings. The summed E-state index contributed by atoms with van der Waals surface area (Å²) in [6.45, 7) is 11.1. The maximum Gasteiger partial charge on any atom is 0.164 e. The van der Waals surface area contributed by atoms with Crippen molar-refractivity contribution in [3.05, 3.63) is 25.3 Å². The highest BCUT2D eigenvalue weighted by Crippen LogP contribution is 2.28. The van der Waals surface area contributed by atoms with Crippen molar-refractivity contribution in [2.75, 3.05) is 0 Å². The van der Waals surface area contributed by atoms with E-state index in [0.717, 1.165) is 0 Å². The van der Waals surface area contributed by atoms with E-state index in [1.54, 1.807) is 12.2 Å². The van der Waals surface area contributed by atoms with Crippen LogP contribution in [-0.4, -0.2) is 18.0 Å². The lowest BCUT2D eigenvalue weighted by Crippen LogP contribution is -2.20. The Morgan fingerprint density at radius 1 is 1.09 bits per heavy atom. The highest BCUT2D eigenvalue weighted by Gasteiger charge is 2.37. The average molecular weight is 154 g/mol. The van der Waals surface area contributed by atoms with E-state index < -0.39 is 5.79 Å². The average Bonchev–Trinajstić information content (AvgIpc) is 2.25.